The van der Waals surface area contributed by atoms with E-state index in [1.54, 1.807) is 18.2 Å². The van der Waals surface area contributed by atoms with Gasteiger partial charge in [0.1, 0.15) is 0 Å². The molecule has 1 aromatic carbocycles. The third-order valence-corrected chi connectivity index (χ3v) is 2.56. The topological polar surface area (TPSA) is 74.6 Å². The van der Waals surface area contributed by atoms with Crippen molar-refractivity contribution in [2.24, 2.45) is 0 Å². The Morgan fingerprint density at radius 3 is 2.56 bits per heavy atom. The summed E-state index contributed by atoms with van der Waals surface area (Å²) >= 11 is 0. The maximum absolute atomic E-state index is 11.0. The van der Waals surface area contributed by atoms with Crippen molar-refractivity contribution < 1.29 is 19.8 Å². The van der Waals surface area contributed by atoms with Crippen LogP contribution >= 0.6 is 0 Å². The van der Waals surface area contributed by atoms with Crippen molar-refractivity contribution in [2.45, 2.75) is 26.2 Å². The molecular weight excluding hydrogens is 232 g/mol. The minimum Gasteiger partial charge on any atom is -0.478 e. The average Bonchev–Trinajstić information content (AvgIpc) is 2.33. The van der Waals surface area contributed by atoms with Gasteiger partial charge in [0.25, 0.3) is 0 Å². The molecule has 0 aromatic heterocycles. The molecule has 0 saturated heterocycles. The van der Waals surface area contributed by atoms with Crippen LogP contribution in [0.1, 0.15) is 30.9 Å². The number of aryl methyl sites for hydroxylation is 1. The van der Waals surface area contributed by atoms with Crippen molar-refractivity contribution in [3.8, 4) is 0 Å². The van der Waals surface area contributed by atoms with Gasteiger partial charge in [-0.15, -0.1) is 0 Å². The van der Waals surface area contributed by atoms with Crippen LogP contribution in [0.4, 0.5) is 0 Å². The van der Waals surface area contributed by atoms with Crippen LogP contribution in [-0.4, -0.2) is 22.2 Å². The molecular formula is C14H16O4. The van der Waals surface area contributed by atoms with Crippen LogP contribution in [0, 0.1) is 0 Å². The lowest BCUT2D eigenvalue weighted by Crippen LogP contribution is -2.03. The smallest absolute Gasteiger partial charge is 0.336 e. The third-order valence-electron chi connectivity index (χ3n) is 2.56. The Hall–Kier alpha value is -2.10. The van der Waals surface area contributed by atoms with E-state index >= 15 is 0 Å². The van der Waals surface area contributed by atoms with E-state index < -0.39 is 11.9 Å². The average molecular weight is 248 g/mol. The van der Waals surface area contributed by atoms with Crippen molar-refractivity contribution in [3.05, 3.63) is 41.5 Å². The summed E-state index contributed by atoms with van der Waals surface area (Å²) in [5.41, 5.74) is 1.26. The second-order valence-electron chi connectivity index (χ2n) is 4.01. The number of unbranched alkanes of at least 4 members (excludes halogenated alkanes) is 1. The van der Waals surface area contributed by atoms with Gasteiger partial charge in [-0.1, -0.05) is 37.6 Å². The van der Waals surface area contributed by atoms with E-state index in [2.05, 4.69) is 6.92 Å². The summed E-state index contributed by atoms with van der Waals surface area (Å²) in [6.45, 7) is 2.08. The highest BCUT2D eigenvalue weighted by molar-refractivity contribution is 6.19. The molecule has 0 atom stereocenters. The summed E-state index contributed by atoms with van der Waals surface area (Å²) in [7, 11) is 0. The quantitative estimate of drug-likeness (QED) is 0.759. The molecule has 0 aliphatic carbocycles. The zero-order chi connectivity index (χ0) is 13.5. The summed E-state index contributed by atoms with van der Waals surface area (Å²) in [4.78, 5) is 21.6. The first-order chi connectivity index (χ1) is 8.54. The lowest BCUT2D eigenvalue weighted by atomic mass is 10.0. The molecule has 1 aromatic rings. The van der Waals surface area contributed by atoms with Gasteiger partial charge in [0.05, 0.1) is 5.57 Å². The van der Waals surface area contributed by atoms with Crippen LogP contribution in [0.2, 0.25) is 0 Å². The fourth-order valence-corrected chi connectivity index (χ4v) is 1.67. The summed E-state index contributed by atoms with van der Waals surface area (Å²) in [6.07, 6.45) is 3.67. The van der Waals surface area contributed by atoms with Crippen molar-refractivity contribution in [1.29, 1.82) is 0 Å². The van der Waals surface area contributed by atoms with Crippen LogP contribution in [0.15, 0.2) is 30.3 Å². The summed E-state index contributed by atoms with van der Waals surface area (Å²) in [5, 5.41) is 17.7. The molecule has 0 aliphatic heterocycles. The standard InChI is InChI=1S/C14H16O4/c1-2-3-5-10-6-4-7-11(8-10)12(14(17)18)9-13(15)16/h4,6-9H,2-3,5H2,1H3,(H,15,16)(H,17,18)/b12-9-. The largest absolute Gasteiger partial charge is 0.478 e. The minimum atomic E-state index is -1.26. The van der Waals surface area contributed by atoms with Gasteiger partial charge in [0.2, 0.25) is 0 Å². The van der Waals surface area contributed by atoms with Gasteiger partial charge in [0, 0.05) is 6.08 Å². The van der Waals surface area contributed by atoms with Crippen molar-refractivity contribution >= 4 is 17.5 Å². The fraction of sp³-hybridized carbons (Fsp3) is 0.286. The summed E-state index contributed by atoms with van der Waals surface area (Å²) in [6, 6.07) is 7.01. The highest BCUT2D eigenvalue weighted by atomic mass is 16.4. The molecule has 0 spiro atoms. The Bertz CT molecular complexity index is 474. The molecule has 96 valence electrons. The Morgan fingerprint density at radius 2 is 2.00 bits per heavy atom. The number of hydrogen-bond acceptors (Lipinski definition) is 2. The van der Waals surface area contributed by atoms with Crippen molar-refractivity contribution in [1.82, 2.24) is 0 Å². The van der Waals surface area contributed by atoms with Crippen molar-refractivity contribution in [3.63, 3.8) is 0 Å². The number of carboxylic acids is 2. The molecule has 2 N–H and O–H groups in total. The van der Waals surface area contributed by atoms with E-state index in [-0.39, 0.29) is 5.57 Å². The van der Waals surface area contributed by atoms with Crippen LogP contribution < -0.4 is 0 Å². The number of aliphatic carboxylic acids is 2. The van der Waals surface area contributed by atoms with Crippen LogP contribution in [0.25, 0.3) is 5.57 Å². The summed E-state index contributed by atoms with van der Waals surface area (Å²) < 4.78 is 0. The third kappa shape index (κ3) is 4.05. The first-order valence-corrected chi connectivity index (χ1v) is 5.81. The number of benzene rings is 1. The predicted octanol–water partition coefficient (Wildman–Crippen LogP) is 2.58. The molecule has 4 heteroatoms. The maximum atomic E-state index is 11.0. The number of carbonyl (C=O) groups is 2. The Morgan fingerprint density at radius 1 is 1.28 bits per heavy atom. The molecule has 0 amide bonds. The van der Waals surface area contributed by atoms with Crippen LogP contribution in [-0.2, 0) is 16.0 Å². The molecule has 0 aliphatic rings. The molecule has 0 heterocycles. The monoisotopic (exact) mass is 248 g/mol. The van der Waals surface area contributed by atoms with Gasteiger partial charge in [-0.25, -0.2) is 9.59 Å². The lowest BCUT2D eigenvalue weighted by Gasteiger charge is -2.05. The molecule has 0 fully saturated rings. The normalized spacial score (nSPS) is 11.3. The van der Waals surface area contributed by atoms with Gasteiger partial charge in [-0.05, 0) is 24.0 Å². The molecule has 0 unspecified atom stereocenters. The fourth-order valence-electron chi connectivity index (χ4n) is 1.67. The molecule has 4 nitrogen and oxygen atoms in total. The number of hydrogen-bond donors (Lipinski definition) is 2. The van der Waals surface area contributed by atoms with E-state index in [1.165, 1.54) is 0 Å². The lowest BCUT2D eigenvalue weighted by molar-refractivity contribution is -0.133. The zero-order valence-corrected chi connectivity index (χ0v) is 10.2. The van der Waals surface area contributed by atoms with Gasteiger partial charge < -0.3 is 10.2 Å². The first kappa shape index (κ1) is 14.0. The second-order valence-corrected chi connectivity index (χ2v) is 4.01. The molecule has 18 heavy (non-hydrogen) atoms. The van der Waals surface area contributed by atoms with Gasteiger partial charge in [-0.2, -0.15) is 0 Å². The molecule has 1 rings (SSSR count). The number of carboxylic acid groups (broad SMARTS) is 2. The van der Waals surface area contributed by atoms with Gasteiger partial charge >= 0.3 is 11.9 Å². The maximum Gasteiger partial charge on any atom is 0.336 e. The van der Waals surface area contributed by atoms with Crippen LogP contribution in [0.3, 0.4) is 0 Å². The Labute approximate surface area is 106 Å². The highest BCUT2D eigenvalue weighted by Gasteiger charge is 2.12. The second kappa shape index (κ2) is 6.59. The summed E-state index contributed by atoms with van der Waals surface area (Å²) in [5.74, 6) is -2.49. The molecule has 0 saturated carbocycles. The van der Waals surface area contributed by atoms with E-state index in [0.29, 0.717) is 5.56 Å². The SMILES string of the molecule is CCCCc1cccc(/C(=C/C(=O)O)C(=O)O)c1. The Kier molecular flexibility index (Phi) is 5.11. The van der Waals surface area contributed by atoms with Gasteiger partial charge in [-0.3, -0.25) is 0 Å². The Balaban J connectivity index is 3.06. The highest BCUT2D eigenvalue weighted by Crippen LogP contribution is 2.17. The van der Waals surface area contributed by atoms with Crippen LogP contribution in [0.5, 0.6) is 0 Å². The van der Waals surface area contributed by atoms with E-state index in [1.807, 2.05) is 6.07 Å². The van der Waals surface area contributed by atoms with E-state index in [4.69, 9.17) is 10.2 Å². The van der Waals surface area contributed by atoms with E-state index in [0.717, 1.165) is 30.9 Å². The molecule has 0 bridgehead atoms. The predicted molar refractivity (Wildman–Crippen MR) is 68.3 cm³/mol. The van der Waals surface area contributed by atoms with Gasteiger partial charge in [0.15, 0.2) is 0 Å². The minimum absolute atomic E-state index is 0.194. The van der Waals surface area contributed by atoms with E-state index in [9.17, 15) is 9.59 Å². The number of rotatable bonds is 6. The molecule has 0 radical (unpaired) electrons. The first-order valence-electron chi connectivity index (χ1n) is 5.81. The van der Waals surface area contributed by atoms with Crippen molar-refractivity contribution in [2.75, 3.05) is 0 Å². The zero-order valence-electron chi connectivity index (χ0n) is 10.2.